The number of hydrogen-bond acceptors (Lipinski definition) is 5. The second kappa shape index (κ2) is 6.53. The molecule has 0 fully saturated rings. The van der Waals surface area contributed by atoms with Crippen molar-refractivity contribution >= 4 is 17.9 Å². The molecule has 0 aliphatic carbocycles. The molecule has 0 saturated carbocycles. The van der Waals surface area contributed by atoms with Crippen molar-refractivity contribution in [2.24, 2.45) is 0 Å². The van der Waals surface area contributed by atoms with Gasteiger partial charge in [-0.25, -0.2) is 0 Å². The van der Waals surface area contributed by atoms with Crippen molar-refractivity contribution < 1.29 is 29.0 Å². The van der Waals surface area contributed by atoms with Crippen molar-refractivity contribution in [3.05, 3.63) is 23.8 Å². The number of carboxylic acids is 1. The maximum atomic E-state index is 11.0. The molecular formula is C13H14O6. The summed E-state index contributed by atoms with van der Waals surface area (Å²) >= 11 is 0. The standard InChI is InChI=1S/C13H14O6/c1-8(14)18-11-5-3-10(4-6-13(16)17)12(7-11)19-9(2)15/h3,5,7H,4,6H2,1-2H3,(H,16,17). The molecule has 6 heteroatoms. The SMILES string of the molecule is CC(=O)Oc1ccc(CCC(=O)O)c(OC(C)=O)c1. The van der Waals surface area contributed by atoms with E-state index >= 15 is 0 Å². The van der Waals surface area contributed by atoms with Crippen LogP contribution in [0.1, 0.15) is 25.8 Å². The molecule has 0 atom stereocenters. The molecule has 6 nitrogen and oxygen atoms in total. The average Bonchev–Trinajstić information content (AvgIpc) is 2.26. The second-order valence-electron chi connectivity index (χ2n) is 3.85. The van der Waals surface area contributed by atoms with Gasteiger partial charge in [-0.2, -0.15) is 0 Å². The van der Waals surface area contributed by atoms with Crippen LogP contribution in [-0.2, 0) is 20.8 Å². The van der Waals surface area contributed by atoms with Crippen LogP contribution >= 0.6 is 0 Å². The molecule has 0 amide bonds. The van der Waals surface area contributed by atoms with Crippen LogP contribution in [0, 0.1) is 0 Å². The van der Waals surface area contributed by atoms with Crippen LogP contribution in [0.3, 0.4) is 0 Å². The lowest BCUT2D eigenvalue weighted by Gasteiger charge is -2.10. The van der Waals surface area contributed by atoms with E-state index in [2.05, 4.69) is 0 Å². The lowest BCUT2D eigenvalue weighted by molar-refractivity contribution is -0.137. The van der Waals surface area contributed by atoms with Gasteiger partial charge in [0.2, 0.25) is 0 Å². The molecule has 1 aromatic rings. The zero-order chi connectivity index (χ0) is 14.4. The first-order valence-corrected chi connectivity index (χ1v) is 5.60. The number of carbonyl (C=O) groups is 3. The van der Waals surface area contributed by atoms with Gasteiger partial charge in [0.25, 0.3) is 0 Å². The van der Waals surface area contributed by atoms with Gasteiger partial charge in [-0.3, -0.25) is 14.4 Å². The number of aryl methyl sites for hydroxylation is 1. The third kappa shape index (κ3) is 5.20. The molecule has 19 heavy (non-hydrogen) atoms. The lowest BCUT2D eigenvalue weighted by Crippen LogP contribution is -2.07. The summed E-state index contributed by atoms with van der Waals surface area (Å²) in [5.74, 6) is -1.53. The maximum Gasteiger partial charge on any atom is 0.308 e. The van der Waals surface area contributed by atoms with Crippen molar-refractivity contribution in [2.75, 3.05) is 0 Å². The monoisotopic (exact) mass is 266 g/mol. The Kier molecular flexibility index (Phi) is 5.05. The van der Waals surface area contributed by atoms with Crippen LogP contribution in [0.15, 0.2) is 18.2 Å². The highest BCUT2D eigenvalue weighted by Crippen LogP contribution is 2.26. The number of hydrogen-bond donors (Lipinski definition) is 1. The Hall–Kier alpha value is -2.37. The first-order chi connectivity index (χ1) is 8.88. The van der Waals surface area contributed by atoms with Crippen molar-refractivity contribution in [1.82, 2.24) is 0 Å². The molecule has 0 aliphatic heterocycles. The van der Waals surface area contributed by atoms with E-state index < -0.39 is 17.9 Å². The van der Waals surface area contributed by atoms with E-state index in [1.54, 1.807) is 6.07 Å². The van der Waals surface area contributed by atoms with E-state index in [1.165, 1.54) is 26.0 Å². The highest BCUT2D eigenvalue weighted by molar-refractivity contribution is 5.72. The Morgan fingerprint density at radius 1 is 1.11 bits per heavy atom. The van der Waals surface area contributed by atoms with Crippen molar-refractivity contribution in [1.29, 1.82) is 0 Å². The zero-order valence-electron chi connectivity index (χ0n) is 10.6. The minimum absolute atomic E-state index is 0.0822. The smallest absolute Gasteiger partial charge is 0.308 e. The Morgan fingerprint density at radius 2 is 1.74 bits per heavy atom. The number of carboxylic acid groups (broad SMARTS) is 1. The van der Waals surface area contributed by atoms with Crippen LogP contribution in [0.5, 0.6) is 11.5 Å². The van der Waals surface area contributed by atoms with Crippen molar-refractivity contribution in [3.8, 4) is 11.5 Å². The molecule has 0 aromatic heterocycles. The van der Waals surface area contributed by atoms with Gasteiger partial charge >= 0.3 is 17.9 Å². The second-order valence-corrected chi connectivity index (χ2v) is 3.85. The van der Waals surface area contributed by atoms with E-state index in [4.69, 9.17) is 14.6 Å². The number of esters is 2. The van der Waals surface area contributed by atoms with E-state index in [0.717, 1.165) is 0 Å². The maximum absolute atomic E-state index is 11.0. The summed E-state index contributed by atoms with van der Waals surface area (Å²) in [5, 5.41) is 8.64. The quantitative estimate of drug-likeness (QED) is 0.642. The predicted molar refractivity (Wildman–Crippen MR) is 65.0 cm³/mol. The highest BCUT2D eigenvalue weighted by Gasteiger charge is 2.11. The molecule has 0 unspecified atom stereocenters. The third-order valence-electron chi connectivity index (χ3n) is 2.16. The Balaban J connectivity index is 2.97. The van der Waals surface area contributed by atoms with Gasteiger partial charge in [0, 0.05) is 26.3 Å². The van der Waals surface area contributed by atoms with E-state index in [-0.39, 0.29) is 24.3 Å². The summed E-state index contributed by atoms with van der Waals surface area (Å²) < 4.78 is 9.85. The number of rotatable bonds is 5. The van der Waals surface area contributed by atoms with Gasteiger partial charge in [-0.05, 0) is 18.1 Å². The summed E-state index contributed by atoms with van der Waals surface area (Å²) in [6.07, 6.45) is 0.138. The van der Waals surface area contributed by atoms with Crippen LogP contribution in [0.25, 0.3) is 0 Å². The first kappa shape index (κ1) is 14.7. The molecule has 0 heterocycles. The minimum Gasteiger partial charge on any atom is -0.481 e. The van der Waals surface area contributed by atoms with E-state index in [9.17, 15) is 14.4 Å². The first-order valence-electron chi connectivity index (χ1n) is 5.60. The Morgan fingerprint density at radius 3 is 2.26 bits per heavy atom. The number of aliphatic carboxylic acids is 1. The molecular weight excluding hydrogens is 252 g/mol. The topological polar surface area (TPSA) is 89.9 Å². The van der Waals surface area contributed by atoms with Gasteiger partial charge in [0.05, 0.1) is 0 Å². The Labute approximate surface area is 109 Å². The minimum atomic E-state index is -0.946. The molecule has 0 bridgehead atoms. The largest absolute Gasteiger partial charge is 0.481 e. The fourth-order valence-electron chi connectivity index (χ4n) is 1.46. The summed E-state index contributed by atoms with van der Waals surface area (Å²) in [6.45, 7) is 2.49. The Bertz CT molecular complexity index is 506. The van der Waals surface area contributed by atoms with Crippen LogP contribution in [-0.4, -0.2) is 23.0 Å². The van der Waals surface area contributed by atoms with Crippen molar-refractivity contribution in [3.63, 3.8) is 0 Å². The van der Waals surface area contributed by atoms with Crippen LogP contribution in [0.4, 0.5) is 0 Å². The van der Waals surface area contributed by atoms with Gasteiger partial charge in [-0.1, -0.05) is 6.07 Å². The highest BCUT2D eigenvalue weighted by atomic mass is 16.5. The summed E-state index contributed by atoms with van der Waals surface area (Å²) in [6, 6.07) is 4.48. The van der Waals surface area contributed by atoms with Gasteiger partial charge in [0.15, 0.2) is 0 Å². The van der Waals surface area contributed by atoms with Crippen molar-refractivity contribution in [2.45, 2.75) is 26.7 Å². The fourth-order valence-corrected chi connectivity index (χ4v) is 1.46. The average molecular weight is 266 g/mol. The third-order valence-corrected chi connectivity index (χ3v) is 2.16. The van der Waals surface area contributed by atoms with E-state index in [0.29, 0.717) is 5.56 Å². The van der Waals surface area contributed by atoms with Crippen LogP contribution in [0.2, 0.25) is 0 Å². The number of ether oxygens (including phenoxy) is 2. The fraction of sp³-hybridized carbons (Fsp3) is 0.308. The summed E-state index contributed by atoms with van der Waals surface area (Å²) in [7, 11) is 0. The van der Waals surface area contributed by atoms with E-state index in [1.807, 2.05) is 0 Å². The lowest BCUT2D eigenvalue weighted by atomic mass is 10.1. The molecule has 1 N–H and O–H groups in total. The molecule has 1 rings (SSSR count). The van der Waals surface area contributed by atoms with Gasteiger partial charge in [0.1, 0.15) is 11.5 Å². The molecule has 0 aliphatic rings. The zero-order valence-corrected chi connectivity index (χ0v) is 10.6. The van der Waals surface area contributed by atoms with Gasteiger partial charge in [-0.15, -0.1) is 0 Å². The summed E-state index contributed by atoms with van der Waals surface area (Å²) in [5.41, 5.74) is 0.563. The molecule has 102 valence electrons. The normalized spacial score (nSPS) is 9.79. The molecule has 0 saturated heterocycles. The molecule has 0 radical (unpaired) electrons. The molecule has 1 aromatic carbocycles. The number of benzene rings is 1. The van der Waals surface area contributed by atoms with Gasteiger partial charge < -0.3 is 14.6 Å². The van der Waals surface area contributed by atoms with Crippen LogP contribution < -0.4 is 9.47 Å². The summed E-state index contributed by atoms with van der Waals surface area (Å²) in [4.78, 5) is 32.4. The molecule has 0 spiro atoms. The number of carbonyl (C=O) groups excluding carboxylic acids is 2. The predicted octanol–water partition coefficient (Wildman–Crippen LogP) is 1.55.